The van der Waals surface area contributed by atoms with Crippen LogP contribution in [-0.4, -0.2) is 80.8 Å². The largest absolute Gasteiger partial charge is 0.480 e. The van der Waals surface area contributed by atoms with E-state index >= 15 is 0 Å². The molecule has 4 atom stereocenters. The number of aliphatic carboxylic acids is 1. The zero-order valence-electron chi connectivity index (χ0n) is 20.1. The first-order chi connectivity index (χ1) is 16.4. The smallest absolute Gasteiger partial charge is 0.326 e. The predicted octanol–water partition coefficient (Wildman–Crippen LogP) is -1.51. The number of thioether (sulfide) groups is 1. The van der Waals surface area contributed by atoms with Crippen molar-refractivity contribution < 1.29 is 29.1 Å². The molecule has 0 aliphatic rings. The topological polar surface area (TPSA) is 222 Å². The van der Waals surface area contributed by atoms with Gasteiger partial charge in [0.1, 0.15) is 18.1 Å². The summed E-state index contributed by atoms with van der Waals surface area (Å²) in [5, 5.41) is 16.7. The fraction of sp³-hybridized carbons (Fsp3) is 0.619. The van der Waals surface area contributed by atoms with Gasteiger partial charge in [0.15, 0.2) is 0 Å². The van der Waals surface area contributed by atoms with Crippen LogP contribution in [0.5, 0.6) is 0 Å². The second-order valence-corrected chi connectivity index (χ2v) is 9.48. The van der Waals surface area contributed by atoms with E-state index in [4.69, 9.17) is 11.5 Å². The Balaban J connectivity index is 3.03. The Morgan fingerprint density at radius 1 is 1.06 bits per heavy atom. The third kappa shape index (κ3) is 11.2. The maximum atomic E-state index is 13.1. The van der Waals surface area contributed by atoms with Gasteiger partial charge in [0.25, 0.3) is 0 Å². The first kappa shape index (κ1) is 29.9. The van der Waals surface area contributed by atoms with Crippen molar-refractivity contribution in [3.63, 3.8) is 0 Å². The summed E-state index contributed by atoms with van der Waals surface area (Å²) in [6.45, 7) is 3.80. The van der Waals surface area contributed by atoms with Crippen molar-refractivity contribution in [1.82, 2.24) is 25.9 Å². The van der Waals surface area contributed by atoms with Gasteiger partial charge in [-0.05, 0) is 30.8 Å². The number of H-pyrrole nitrogens is 1. The highest BCUT2D eigenvalue weighted by atomic mass is 32.2. The Hall–Kier alpha value is -3.13. The minimum atomic E-state index is -1.44. The number of aromatic amines is 1. The molecule has 1 rings (SSSR count). The quantitative estimate of drug-likeness (QED) is 0.136. The van der Waals surface area contributed by atoms with E-state index in [2.05, 4.69) is 25.9 Å². The van der Waals surface area contributed by atoms with Crippen LogP contribution in [0, 0.1) is 5.92 Å². The molecule has 0 aliphatic heterocycles. The average Bonchev–Trinajstić information content (AvgIpc) is 3.27. The number of carbonyl (C=O) groups excluding carboxylic acids is 4. The maximum absolute atomic E-state index is 13.1. The Bertz CT molecular complexity index is 864. The van der Waals surface area contributed by atoms with E-state index in [0.717, 1.165) is 0 Å². The molecule has 14 heteroatoms. The zero-order chi connectivity index (χ0) is 26.5. The number of carbonyl (C=O) groups is 5. The molecule has 0 saturated carbocycles. The van der Waals surface area contributed by atoms with Gasteiger partial charge in [-0.25, -0.2) is 9.78 Å². The van der Waals surface area contributed by atoms with Crippen molar-refractivity contribution in [2.24, 2.45) is 17.4 Å². The van der Waals surface area contributed by atoms with Gasteiger partial charge in [0.05, 0.1) is 18.8 Å². The maximum Gasteiger partial charge on any atom is 0.326 e. The second-order valence-electron chi connectivity index (χ2n) is 8.49. The van der Waals surface area contributed by atoms with E-state index in [1.807, 2.05) is 13.8 Å². The van der Waals surface area contributed by atoms with Crippen LogP contribution in [0.3, 0.4) is 0 Å². The molecule has 0 aromatic carbocycles. The van der Waals surface area contributed by atoms with Crippen LogP contribution >= 0.6 is 11.8 Å². The third-order valence-electron chi connectivity index (χ3n) is 4.94. The number of hydrogen-bond acceptors (Lipinski definition) is 8. The number of rotatable bonds is 16. The standard InChI is InChI=1S/C21H35N7O6S/c1-11(2)6-13(22)18(30)27-15(7-12-9-24-10-25-12)19(31)28-16(8-17(23)29)20(32)26-14(21(33)34)4-5-35-3/h9-11,13-16H,4-8,22H2,1-3H3,(H2,23,29)(H,24,25)(H,26,32)(H,27,30)(H,28,31)(H,33,34). The first-order valence-corrected chi connectivity index (χ1v) is 12.5. The number of carboxylic acid groups (broad SMARTS) is 1. The molecule has 4 amide bonds. The van der Waals surface area contributed by atoms with Crippen molar-refractivity contribution >= 4 is 41.4 Å². The van der Waals surface area contributed by atoms with Crippen LogP contribution < -0.4 is 27.4 Å². The zero-order valence-corrected chi connectivity index (χ0v) is 20.9. The van der Waals surface area contributed by atoms with E-state index in [-0.39, 0.29) is 18.8 Å². The molecule has 0 fully saturated rings. The Labute approximate surface area is 207 Å². The second kappa shape index (κ2) is 15.0. The molecule has 0 spiro atoms. The molecule has 4 unspecified atom stereocenters. The number of aromatic nitrogens is 2. The van der Waals surface area contributed by atoms with E-state index in [9.17, 15) is 29.1 Å². The lowest BCUT2D eigenvalue weighted by atomic mass is 10.0. The number of nitrogens with two attached hydrogens (primary N) is 2. The summed E-state index contributed by atoms with van der Waals surface area (Å²) in [5.74, 6) is -3.73. The highest BCUT2D eigenvalue weighted by Gasteiger charge is 2.31. The van der Waals surface area contributed by atoms with Crippen molar-refractivity contribution in [3.8, 4) is 0 Å². The lowest BCUT2D eigenvalue weighted by Gasteiger charge is -2.25. The van der Waals surface area contributed by atoms with Gasteiger partial charge >= 0.3 is 5.97 Å². The molecular weight excluding hydrogens is 478 g/mol. The van der Waals surface area contributed by atoms with Gasteiger partial charge in [0, 0.05) is 18.3 Å². The number of nitrogens with zero attached hydrogens (tertiary/aromatic N) is 1. The summed E-state index contributed by atoms with van der Waals surface area (Å²) in [6, 6.07) is -4.67. The summed E-state index contributed by atoms with van der Waals surface area (Å²) >= 11 is 1.40. The van der Waals surface area contributed by atoms with Crippen molar-refractivity contribution in [2.75, 3.05) is 12.0 Å². The predicted molar refractivity (Wildman–Crippen MR) is 130 cm³/mol. The minimum absolute atomic E-state index is 0.00234. The molecule has 0 bridgehead atoms. The Morgan fingerprint density at radius 3 is 2.17 bits per heavy atom. The van der Waals surface area contributed by atoms with Gasteiger partial charge in [0.2, 0.25) is 23.6 Å². The molecule has 13 nitrogen and oxygen atoms in total. The van der Waals surface area contributed by atoms with Gasteiger partial charge < -0.3 is 37.5 Å². The monoisotopic (exact) mass is 513 g/mol. The molecule has 1 heterocycles. The molecule has 35 heavy (non-hydrogen) atoms. The summed E-state index contributed by atoms with van der Waals surface area (Å²) in [7, 11) is 0. The van der Waals surface area contributed by atoms with Crippen LogP contribution in [0.15, 0.2) is 12.5 Å². The molecule has 0 aliphatic carbocycles. The average molecular weight is 514 g/mol. The number of amides is 4. The summed E-state index contributed by atoms with van der Waals surface area (Å²) < 4.78 is 0. The van der Waals surface area contributed by atoms with Gasteiger partial charge in [-0.15, -0.1) is 0 Å². The van der Waals surface area contributed by atoms with Gasteiger partial charge in [-0.2, -0.15) is 11.8 Å². The van der Waals surface area contributed by atoms with Crippen LogP contribution in [0.4, 0.5) is 0 Å². The summed E-state index contributed by atoms with van der Waals surface area (Å²) in [4.78, 5) is 68.2. The van der Waals surface area contributed by atoms with Crippen LogP contribution in [-0.2, 0) is 30.4 Å². The van der Waals surface area contributed by atoms with Crippen LogP contribution in [0.2, 0.25) is 0 Å². The molecule has 196 valence electrons. The van der Waals surface area contributed by atoms with E-state index in [0.29, 0.717) is 17.9 Å². The molecule has 0 radical (unpaired) electrons. The molecular formula is C21H35N7O6S. The highest BCUT2D eigenvalue weighted by Crippen LogP contribution is 2.07. The first-order valence-electron chi connectivity index (χ1n) is 11.1. The van der Waals surface area contributed by atoms with Crippen LogP contribution in [0.25, 0.3) is 0 Å². The minimum Gasteiger partial charge on any atom is -0.480 e. The lowest BCUT2D eigenvalue weighted by Crippen LogP contribution is -2.58. The van der Waals surface area contributed by atoms with Crippen molar-refractivity contribution in [3.05, 3.63) is 18.2 Å². The number of carboxylic acids is 1. The summed E-state index contributed by atoms with van der Waals surface area (Å²) in [5.41, 5.74) is 11.7. The van der Waals surface area contributed by atoms with Crippen LogP contribution in [0.1, 0.15) is 38.8 Å². The molecule has 1 aromatic heterocycles. The van der Waals surface area contributed by atoms with E-state index in [1.54, 1.807) is 6.26 Å². The number of nitrogens with one attached hydrogen (secondary N) is 4. The van der Waals surface area contributed by atoms with Crippen molar-refractivity contribution in [2.45, 2.75) is 63.7 Å². The van der Waals surface area contributed by atoms with Gasteiger partial charge in [-0.3, -0.25) is 19.2 Å². The van der Waals surface area contributed by atoms with E-state index in [1.165, 1.54) is 24.3 Å². The van der Waals surface area contributed by atoms with E-state index < -0.39 is 60.2 Å². The fourth-order valence-corrected chi connectivity index (χ4v) is 3.64. The number of imidazole rings is 1. The molecule has 1 aromatic rings. The van der Waals surface area contributed by atoms with Gasteiger partial charge in [-0.1, -0.05) is 13.8 Å². The third-order valence-corrected chi connectivity index (χ3v) is 5.58. The molecule has 9 N–H and O–H groups in total. The Morgan fingerprint density at radius 2 is 1.66 bits per heavy atom. The summed E-state index contributed by atoms with van der Waals surface area (Å²) in [6.07, 6.45) is 4.64. The Kier molecular flexibility index (Phi) is 12.8. The van der Waals surface area contributed by atoms with Crippen molar-refractivity contribution in [1.29, 1.82) is 0 Å². The normalized spacial score (nSPS) is 14.4. The SMILES string of the molecule is CSCCC(NC(=O)C(CC(N)=O)NC(=O)C(Cc1cnc[nH]1)NC(=O)C(N)CC(C)C)C(=O)O. The fourth-order valence-electron chi connectivity index (χ4n) is 3.17. The number of hydrogen-bond donors (Lipinski definition) is 7. The highest BCUT2D eigenvalue weighted by molar-refractivity contribution is 7.98. The lowest BCUT2D eigenvalue weighted by molar-refractivity contribution is -0.142. The molecule has 0 saturated heterocycles. The number of primary amides is 1.